The number of carbonyl (C=O) groups excluding carboxylic acids is 1. The molecular formula is C16H21N5OS. The van der Waals surface area contributed by atoms with Crippen LogP contribution in [0.4, 0.5) is 10.9 Å². The minimum atomic E-state index is 0.0699. The summed E-state index contributed by atoms with van der Waals surface area (Å²) in [6.45, 7) is 1.25. The van der Waals surface area contributed by atoms with Crippen molar-refractivity contribution in [3.63, 3.8) is 0 Å². The Morgan fingerprint density at radius 1 is 1.48 bits per heavy atom. The maximum Gasteiger partial charge on any atom is 0.237 e. The van der Waals surface area contributed by atoms with Gasteiger partial charge in [0.05, 0.1) is 18.3 Å². The fourth-order valence-corrected chi connectivity index (χ4v) is 3.37. The molecule has 0 aromatic carbocycles. The zero-order valence-corrected chi connectivity index (χ0v) is 14.2. The Morgan fingerprint density at radius 3 is 3.09 bits per heavy atom. The van der Waals surface area contributed by atoms with Gasteiger partial charge in [0.25, 0.3) is 0 Å². The molecule has 122 valence electrons. The number of nitrogens with one attached hydrogen (secondary N) is 1. The van der Waals surface area contributed by atoms with E-state index in [-0.39, 0.29) is 11.9 Å². The molecule has 2 aromatic heterocycles. The summed E-state index contributed by atoms with van der Waals surface area (Å²) in [7, 11) is 3.83. The summed E-state index contributed by atoms with van der Waals surface area (Å²) in [5.41, 5.74) is 0.941. The molecule has 0 spiro atoms. The molecule has 1 amide bonds. The maximum atomic E-state index is 12.4. The lowest BCUT2D eigenvalue weighted by molar-refractivity contribution is -0.132. The van der Waals surface area contributed by atoms with E-state index in [9.17, 15) is 4.79 Å². The topological polar surface area (TPSA) is 61.4 Å². The molecule has 7 heteroatoms. The third-order valence-electron chi connectivity index (χ3n) is 3.80. The van der Waals surface area contributed by atoms with E-state index in [1.807, 2.05) is 47.5 Å². The van der Waals surface area contributed by atoms with Gasteiger partial charge in [0, 0.05) is 18.1 Å². The molecule has 0 saturated carbocycles. The Hall–Kier alpha value is -1.99. The first-order valence-electron chi connectivity index (χ1n) is 7.71. The van der Waals surface area contributed by atoms with Crippen LogP contribution in [0.15, 0.2) is 29.8 Å². The maximum absolute atomic E-state index is 12.4. The third kappa shape index (κ3) is 3.86. The zero-order valence-electron chi connectivity index (χ0n) is 13.4. The highest BCUT2D eigenvalue weighted by Gasteiger charge is 2.30. The first kappa shape index (κ1) is 15.9. The standard InChI is InChI=1S/C16H21N5OS/c1-20(2)11-15(22)21-9-4-6-13(21)12-5-3-7-14(18-12)19-16-17-8-10-23-16/h3,5,7-8,10,13H,4,6,9,11H2,1-2H3,(H,17,18,19). The quantitative estimate of drug-likeness (QED) is 0.912. The van der Waals surface area contributed by atoms with Crippen LogP contribution in [-0.2, 0) is 4.79 Å². The number of aromatic nitrogens is 2. The fourth-order valence-electron chi connectivity index (χ4n) is 2.84. The van der Waals surface area contributed by atoms with E-state index >= 15 is 0 Å². The third-order valence-corrected chi connectivity index (χ3v) is 4.49. The molecule has 1 aliphatic rings. The lowest BCUT2D eigenvalue weighted by Crippen LogP contribution is -2.37. The summed E-state index contributed by atoms with van der Waals surface area (Å²) in [6, 6.07) is 5.97. The number of pyridine rings is 1. The molecule has 1 unspecified atom stereocenters. The lowest BCUT2D eigenvalue weighted by atomic mass is 10.1. The van der Waals surface area contributed by atoms with Gasteiger partial charge in [-0.3, -0.25) is 4.79 Å². The Labute approximate surface area is 140 Å². The number of amides is 1. The molecule has 0 bridgehead atoms. The summed E-state index contributed by atoms with van der Waals surface area (Å²) in [5, 5.41) is 5.95. The second-order valence-electron chi connectivity index (χ2n) is 5.89. The molecule has 3 rings (SSSR count). The highest BCUT2D eigenvalue weighted by atomic mass is 32.1. The largest absolute Gasteiger partial charge is 0.333 e. The molecule has 3 heterocycles. The van der Waals surface area contributed by atoms with Gasteiger partial charge in [0.1, 0.15) is 5.82 Å². The van der Waals surface area contributed by atoms with Crippen LogP contribution in [0.2, 0.25) is 0 Å². The highest BCUT2D eigenvalue weighted by Crippen LogP contribution is 2.31. The summed E-state index contributed by atoms with van der Waals surface area (Å²) >= 11 is 1.54. The van der Waals surface area contributed by atoms with Gasteiger partial charge in [0.2, 0.25) is 5.91 Å². The number of thiazole rings is 1. The van der Waals surface area contributed by atoms with E-state index in [0.717, 1.165) is 36.0 Å². The second-order valence-corrected chi connectivity index (χ2v) is 6.79. The number of hydrogen-bond acceptors (Lipinski definition) is 6. The van der Waals surface area contributed by atoms with Crippen molar-refractivity contribution in [3.8, 4) is 0 Å². The molecule has 1 fully saturated rings. The number of nitrogens with zero attached hydrogens (tertiary/aromatic N) is 4. The minimum Gasteiger partial charge on any atom is -0.333 e. The Bertz CT molecular complexity index is 658. The van der Waals surface area contributed by atoms with Crippen LogP contribution in [0, 0.1) is 0 Å². The van der Waals surface area contributed by atoms with E-state index in [0.29, 0.717) is 6.54 Å². The number of hydrogen-bond donors (Lipinski definition) is 1. The van der Waals surface area contributed by atoms with Crippen molar-refractivity contribution in [2.75, 3.05) is 32.5 Å². The lowest BCUT2D eigenvalue weighted by Gasteiger charge is -2.26. The molecule has 1 saturated heterocycles. The average Bonchev–Trinajstić information content (AvgIpc) is 3.17. The van der Waals surface area contributed by atoms with Gasteiger partial charge in [-0.2, -0.15) is 0 Å². The second kappa shape index (κ2) is 7.06. The van der Waals surface area contributed by atoms with Crippen molar-refractivity contribution in [1.82, 2.24) is 19.8 Å². The van der Waals surface area contributed by atoms with E-state index in [1.165, 1.54) is 11.3 Å². The summed E-state index contributed by atoms with van der Waals surface area (Å²) in [6.07, 6.45) is 3.75. The minimum absolute atomic E-state index is 0.0699. The number of rotatable bonds is 5. The SMILES string of the molecule is CN(C)CC(=O)N1CCCC1c1cccc(Nc2nccs2)n1. The average molecular weight is 331 g/mol. The first-order valence-corrected chi connectivity index (χ1v) is 8.59. The van der Waals surface area contributed by atoms with Gasteiger partial charge in [-0.25, -0.2) is 9.97 Å². The van der Waals surface area contributed by atoms with Crippen molar-refractivity contribution < 1.29 is 4.79 Å². The van der Waals surface area contributed by atoms with Gasteiger partial charge in [-0.05, 0) is 39.1 Å². The van der Waals surface area contributed by atoms with E-state index in [2.05, 4.69) is 15.3 Å². The van der Waals surface area contributed by atoms with Crippen molar-refractivity contribution in [1.29, 1.82) is 0 Å². The molecule has 6 nitrogen and oxygen atoms in total. The first-order chi connectivity index (χ1) is 11.1. The van der Waals surface area contributed by atoms with Gasteiger partial charge in [-0.15, -0.1) is 11.3 Å². The molecule has 1 aliphatic heterocycles. The fraction of sp³-hybridized carbons (Fsp3) is 0.438. The predicted octanol–water partition coefficient (Wildman–Crippen LogP) is 2.51. The van der Waals surface area contributed by atoms with Crippen molar-refractivity contribution in [3.05, 3.63) is 35.5 Å². The monoisotopic (exact) mass is 331 g/mol. The summed E-state index contributed by atoms with van der Waals surface area (Å²) in [4.78, 5) is 25.2. The van der Waals surface area contributed by atoms with Gasteiger partial charge < -0.3 is 15.1 Å². The molecule has 0 radical (unpaired) electrons. The van der Waals surface area contributed by atoms with Crippen LogP contribution < -0.4 is 5.32 Å². The molecule has 23 heavy (non-hydrogen) atoms. The molecule has 2 aromatic rings. The Kier molecular flexibility index (Phi) is 4.88. The number of likely N-dealkylation sites (N-methyl/N-ethyl adjacent to an activating group) is 1. The van der Waals surface area contributed by atoms with Crippen LogP contribution in [-0.4, -0.2) is 52.9 Å². The molecule has 0 aliphatic carbocycles. The van der Waals surface area contributed by atoms with Crippen LogP contribution >= 0.6 is 11.3 Å². The number of anilines is 2. The Morgan fingerprint density at radius 2 is 2.35 bits per heavy atom. The van der Waals surface area contributed by atoms with Crippen LogP contribution in [0.25, 0.3) is 0 Å². The van der Waals surface area contributed by atoms with Crippen molar-refractivity contribution in [2.45, 2.75) is 18.9 Å². The number of likely N-dealkylation sites (tertiary alicyclic amines) is 1. The van der Waals surface area contributed by atoms with Crippen LogP contribution in [0.1, 0.15) is 24.6 Å². The highest BCUT2D eigenvalue weighted by molar-refractivity contribution is 7.13. The van der Waals surface area contributed by atoms with Gasteiger partial charge in [-0.1, -0.05) is 6.07 Å². The number of carbonyl (C=O) groups is 1. The zero-order chi connectivity index (χ0) is 16.2. The van der Waals surface area contributed by atoms with Crippen molar-refractivity contribution in [2.24, 2.45) is 0 Å². The van der Waals surface area contributed by atoms with Crippen molar-refractivity contribution >= 4 is 28.2 Å². The smallest absolute Gasteiger partial charge is 0.237 e. The van der Waals surface area contributed by atoms with Crippen LogP contribution in [0.5, 0.6) is 0 Å². The summed E-state index contributed by atoms with van der Waals surface area (Å²) < 4.78 is 0. The van der Waals surface area contributed by atoms with Gasteiger partial charge >= 0.3 is 0 Å². The van der Waals surface area contributed by atoms with E-state index in [1.54, 1.807) is 6.20 Å². The Balaban J connectivity index is 1.76. The van der Waals surface area contributed by atoms with E-state index in [4.69, 9.17) is 0 Å². The molecular weight excluding hydrogens is 310 g/mol. The van der Waals surface area contributed by atoms with E-state index < -0.39 is 0 Å². The molecule has 1 atom stereocenters. The van der Waals surface area contributed by atoms with Gasteiger partial charge in [0.15, 0.2) is 5.13 Å². The normalized spacial score (nSPS) is 17.7. The molecule has 1 N–H and O–H groups in total. The van der Waals surface area contributed by atoms with Crippen LogP contribution in [0.3, 0.4) is 0 Å². The summed E-state index contributed by atoms with van der Waals surface area (Å²) in [5.74, 6) is 0.932. The predicted molar refractivity (Wildman–Crippen MR) is 91.9 cm³/mol.